The third-order valence-electron chi connectivity index (χ3n) is 2.82. The zero-order valence-corrected chi connectivity index (χ0v) is 11.5. The minimum Gasteiger partial charge on any atom is -0.383 e. The second-order valence-corrected chi connectivity index (χ2v) is 4.01. The van der Waals surface area contributed by atoms with Gasteiger partial charge in [-0.1, -0.05) is 0 Å². The molecular weight excluding hydrogens is 264 g/mol. The Labute approximate surface area is 116 Å². The highest BCUT2D eigenvalue weighted by Crippen LogP contribution is 2.23. The first-order chi connectivity index (χ1) is 9.54. The van der Waals surface area contributed by atoms with Crippen LogP contribution in [0.25, 0.3) is 0 Å². The van der Waals surface area contributed by atoms with Gasteiger partial charge in [-0.2, -0.15) is 0 Å². The molecule has 0 spiro atoms. The Kier molecular flexibility index (Phi) is 5.88. The van der Waals surface area contributed by atoms with Crippen molar-refractivity contribution in [2.45, 2.75) is 6.92 Å². The molecule has 0 aromatic heterocycles. The van der Waals surface area contributed by atoms with E-state index in [1.54, 1.807) is 6.92 Å². The first-order valence-corrected chi connectivity index (χ1v) is 6.08. The van der Waals surface area contributed by atoms with Crippen molar-refractivity contribution in [1.29, 1.82) is 0 Å². The molecule has 0 heterocycles. The van der Waals surface area contributed by atoms with Gasteiger partial charge in [-0.25, -0.2) is 0 Å². The Morgan fingerprint density at radius 2 is 2.25 bits per heavy atom. The third-order valence-corrected chi connectivity index (χ3v) is 2.82. The minimum atomic E-state index is -0.586. The molecule has 0 unspecified atom stereocenters. The number of benzene rings is 1. The molecule has 0 aliphatic rings. The molecular formula is C12H18N4O4. The van der Waals surface area contributed by atoms with Crippen molar-refractivity contribution in [3.05, 3.63) is 33.9 Å². The summed E-state index contributed by atoms with van der Waals surface area (Å²) in [5.41, 5.74) is 2.56. The van der Waals surface area contributed by atoms with Crippen LogP contribution in [-0.4, -0.2) is 42.5 Å². The van der Waals surface area contributed by atoms with E-state index < -0.39 is 10.8 Å². The van der Waals surface area contributed by atoms with Gasteiger partial charge in [0, 0.05) is 32.0 Å². The molecule has 1 rings (SSSR count). The number of nitrogens with zero attached hydrogens (tertiary/aromatic N) is 2. The zero-order chi connectivity index (χ0) is 15.1. The van der Waals surface area contributed by atoms with Crippen LogP contribution in [0.2, 0.25) is 0 Å². The number of carbonyl (C=O) groups excluding carboxylic acids is 1. The van der Waals surface area contributed by atoms with E-state index in [0.717, 1.165) is 0 Å². The number of methoxy groups -OCH3 is 1. The van der Waals surface area contributed by atoms with E-state index >= 15 is 0 Å². The maximum atomic E-state index is 12.4. The van der Waals surface area contributed by atoms with Gasteiger partial charge in [-0.05, 0) is 19.1 Å². The predicted molar refractivity (Wildman–Crippen MR) is 74.4 cm³/mol. The molecule has 110 valence electrons. The fourth-order valence-electron chi connectivity index (χ4n) is 1.73. The highest BCUT2D eigenvalue weighted by molar-refractivity contribution is 5.99. The molecule has 8 nitrogen and oxygen atoms in total. The molecule has 0 aliphatic carbocycles. The standard InChI is InChI=1S/C12H18N4O4/c1-3-15(6-7-20-2)12(17)10-8-9(14-13)4-5-11(10)16(18)19/h4-5,8,14H,3,6-7,13H2,1-2H3. The van der Waals surface area contributed by atoms with Crippen LogP contribution in [0.3, 0.4) is 0 Å². The summed E-state index contributed by atoms with van der Waals surface area (Å²) in [6.45, 7) is 2.95. The van der Waals surface area contributed by atoms with Crippen molar-refractivity contribution in [2.24, 2.45) is 5.84 Å². The molecule has 20 heavy (non-hydrogen) atoms. The van der Waals surface area contributed by atoms with Crippen LogP contribution in [0.5, 0.6) is 0 Å². The number of nitro benzene ring substituents is 1. The number of rotatable bonds is 7. The van der Waals surface area contributed by atoms with Gasteiger partial charge >= 0.3 is 0 Å². The first-order valence-electron chi connectivity index (χ1n) is 6.08. The Morgan fingerprint density at radius 1 is 1.55 bits per heavy atom. The zero-order valence-electron chi connectivity index (χ0n) is 11.5. The summed E-state index contributed by atoms with van der Waals surface area (Å²) in [6, 6.07) is 4.07. The number of amides is 1. The maximum Gasteiger partial charge on any atom is 0.282 e. The van der Waals surface area contributed by atoms with E-state index in [1.807, 2.05) is 0 Å². The number of hydrogen-bond donors (Lipinski definition) is 2. The topological polar surface area (TPSA) is 111 Å². The molecule has 0 radical (unpaired) electrons. The van der Waals surface area contributed by atoms with Gasteiger partial charge < -0.3 is 15.1 Å². The van der Waals surface area contributed by atoms with Crippen LogP contribution >= 0.6 is 0 Å². The second kappa shape index (κ2) is 7.41. The lowest BCUT2D eigenvalue weighted by atomic mass is 10.1. The number of nitrogen functional groups attached to an aromatic ring is 1. The highest BCUT2D eigenvalue weighted by atomic mass is 16.6. The van der Waals surface area contributed by atoms with Crippen molar-refractivity contribution in [3.8, 4) is 0 Å². The number of carbonyl (C=O) groups is 1. The van der Waals surface area contributed by atoms with Crippen molar-refractivity contribution in [3.63, 3.8) is 0 Å². The summed E-state index contributed by atoms with van der Waals surface area (Å²) in [7, 11) is 1.53. The third kappa shape index (κ3) is 3.65. The summed E-state index contributed by atoms with van der Waals surface area (Å²) < 4.78 is 4.92. The van der Waals surface area contributed by atoms with E-state index in [-0.39, 0.29) is 11.3 Å². The van der Waals surface area contributed by atoms with E-state index in [0.29, 0.717) is 25.4 Å². The van der Waals surface area contributed by atoms with Crippen LogP contribution < -0.4 is 11.3 Å². The van der Waals surface area contributed by atoms with Gasteiger partial charge in [0.05, 0.1) is 11.5 Å². The van der Waals surface area contributed by atoms with Gasteiger partial charge in [0.15, 0.2) is 0 Å². The van der Waals surface area contributed by atoms with Crippen molar-refractivity contribution >= 4 is 17.3 Å². The molecule has 1 aromatic rings. The number of likely N-dealkylation sites (N-methyl/N-ethyl adjacent to an activating group) is 1. The first kappa shape index (κ1) is 15.9. The molecule has 1 aromatic carbocycles. The summed E-state index contributed by atoms with van der Waals surface area (Å²) in [4.78, 5) is 24.3. The molecule has 0 aliphatic heterocycles. The number of hydrogen-bond acceptors (Lipinski definition) is 6. The van der Waals surface area contributed by atoms with Crippen molar-refractivity contribution < 1.29 is 14.5 Å². The van der Waals surface area contributed by atoms with E-state index in [1.165, 1.54) is 30.2 Å². The Morgan fingerprint density at radius 3 is 2.75 bits per heavy atom. The maximum absolute atomic E-state index is 12.4. The summed E-state index contributed by atoms with van der Waals surface area (Å²) in [6.07, 6.45) is 0. The Bertz CT molecular complexity index is 492. The molecule has 0 saturated heterocycles. The molecule has 8 heteroatoms. The fourth-order valence-corrected chi connectivity index (χ4v) is 1.73. The number of nitrogens with two attached hydrogens (primary N) is 1. The number of nitrogens with one attached hydrogen (secondary N) is 1. The van der Waals surface area contributed by atoms with Crippen LogP contribution in [-0.2, 0) is 4.74 Å². The van der Waals surface area contributed by atoms with E-state index in [4.69, 9.17) is 10.6 Å². The van der Waals surface area contributed by atoms with Gasteiger partial charge in [-0.3, -0.25) is 20.8 Å². The molecule has 0 saturated carbocycles. The lowest BCUT2D eigenvalue weighted by Gasteiger charge is -2.20. The van der Waals surface area contributed by atoms with E-state index in [2.05, 4.69) is 5.43 Å². The van der Waals surface area contributed by atoms with Gasteiger partial charge in [-0.15, -0.1) is 0 Å². The normalized spacial score (nSPS) is 10.2. The minimum absolute atomic E-state index is 0.00315. The molecule has 0 atom stereocenters. The summed E-state index contributed by atoms with van der Waals surface area (Å²) >= 11 is 0. The average Bonchev–Trinajstić information content (AvgIpc) is 2.46. The number of anilines is 1. The molecule has 0 bridgehead atoms. The smallest absolute Gasteiger partial charge is 0.282 e. The van der Waals surface area contributed by atoms with Gasteiger partial charge in [0.25, 0.3) is 11.6 Å². The monoisotopic (exact) mass is 282 g/mol. The Hall–Kier alpha value is -2.19. The van der Waals surface area contributed by atoms with Gasteiger partial charge in [0.2, 0.25) is 0 Å². The molecule has 3 N–H and O–H groups in total. The SMILES string of the molecule is CCN(CCOC)C(=O)c1cc(NN)ccc1[N+](=O)[O-]. The number of ether oxygens (including phenoxy) is 1. The second-order valence-electron chi connectivity index (χ2n) is 4.01. The van der Waals surface area contributed by atoms with Crippen molar-refractivity contribution in [1.82, 2.24) is 4.90 Å². The van der Waals surface area contributed by atoms with E-state index in [9.17, 15) is 14.9 Å². The van der Waals surface area contributed by atoms with Crippen LogP contribution in [0, 0.1) is 10.1 Å². The van der Waals surface area contributed by atoms with Crippen LogP contribution in [0.15, 0.2) is 18.2 Å². The van der Waals surface area contributed by atoms with Crippen molar-refractivity contribution in [2.75, 3.05) is 32.2 Å². The largest absolute Gasteiger partial charge is 0.383 e. The lowest BCUT2D eigenvalue weighted by Crippen LogP contribution is -2.34. The average molecular weight is 282 g/mol. The van der Waals surface area contributed by atoms with Crippen LogP contribution in [0.4, 0.5) is 11.4 Å². The Balaban J connectivity index is 3.13. The summed E-state index contributed by atoms with van der Waals surface area (Å²) in [5.74, 6) is 4.85. The molecule has 0 fully saturated rings. The van der Waals surface area contributed by atoms with Crippen LogP contribution in [0.1, 0.15) is 17.3 Å². The predicted octanol–water partition coefficient (Wildman–Crippen LogP) is 0.989. The highest BCUT2D eigenvalue weighted by Gasteiger charge is 2.24. The fraction of sp³-hybridized carbons (Fsp3) is 0.417. The lowest BCUT2D eigenvalue weighted by molar-refractivity contribution is -0.385. The molecule has 1 amide bonds. The number of hydrazine groups is 1. The quantitative estimate of drug-likeness (QED) is 0.438. The van der Waals surface area contributed by atoms with Gasteiger partial charge in [0.1, 0.15) is 5.56 Å². The number of nitro groups is 1. The summed E-state index contributed by atoms with van der Waals surface area (Å²) in [5, 5.41) is 11.0.